The van der Waals surface area contributed by atoms with Gasteiger partial charge in [-0.2, -0.15) is 9.37 Å². The smallest absolute Gasteiger partial charge is 0.374 e. The van der Waals surface area contributed by atoms with Crippen molar-refractivity contribution in [1.29, 1.82) is 0 Å². The fraction of sp³-hybridized carbons (Fsp3) is 0.560. The maximum atomic E-state index is 14.1. The van der Waals surface area contributed by atoms with Gasteiger partial charge < -0.3 is 14.2 Å². The summed E-state index contributed by atoms with van der Waals surface area (Å²) in [4.78, 5) is 54.2. The molecule has 4 heterocycles. The fourth-order valence-corrected chi connectivity index (χ4v) is 6.54. The van der Waals surface area contributed by atoms with Crippen LogP contribution < -0.4 is 0 Å². The molecule has 4 aliphatic rings. The van der Waals surface area contributed by atoms with Crippen LogP contribution in [-0.4, -0.2) is 83.3 Å². The minimum atomic E-state index is -1.04. The van der Waals surface area contributed by atoms with E-state index in [-0.39, 0.29) is 38.6 Å². The number of fused-ring (bicyclic) bond motifs is 5. The second-order valence-electron chi connectivity index (χ2n) is 11.3. The summed E-state index contributed by atoms with van der Waals surface area (Å²) in [5.74, 6) is -2.74. The van der Waals surface area contributed by atoms with Crippen LogP contribution in [0.5, 0.6) is 0 Å². The molecule has 2 saturated heterocycles. The maximum Gasteiger partial charge on any atom is 0.510 e. The predicted octanol–water partition coefficient (Wildman–Crippen LogP) is 2.17. The van der Waals surface area contributed by atoms with Crippen LogP contribution in [0.3, 0.4) is 0 Å². The lowest BCUT2D eigenvalue weighted by molar-refractivity contribution is -0.535. The monoisotopic (exact) mass is 497 g/mol. The van der Waals surface area contributed by atoms with Crippen LogP contribution >= 0.6 is 0 Å². The fourth-order valence-electron chi connectivity index (χ4n) is 4.92. The van der Waals surface area contributed by atoms with Gasteiger partial charge in [0.15, 0.2) is 5.78 Å². The van der Waals surface area contributed by atoms with Gasteiger partial charge in [0.1, 0.15) is 33.2 Å². The van der Waals surface area contributed by atoms with Gasteiger partial charge in [-0.25, -0.2) is 9.59 Å². The Labute approximate surface area is 206 Å². The summed E-state index contributed by atoms with van der Waals surface area (Å²) >= 11 is 0. The lowest BCUT2D eigenvalue weighted by Gasteiger charge is -2.32. The number of hydrogen-bond donors (Lipinski definition) is 0. The second kappa shape index (κ2) is 7.73. The highest BCUT2D eigenvalue weighted by atomic mass is 28.2. The van der Waals surface area contributed by atoms with E-state index in [1.807, 2.05) is 41.5 Å². The molecule has 0 aliphatic carbocycles. The largest absolute Gasteiger partial charge is 0.510 e. The number of ether oxygens (including phenoxy) is 3. The van der Waals surface area contributed by atoms with E-state index in [1.54, 1.807) is 18.2 Å². The zero-order valence-corrected chi connectivity index (χ0v) is 21.7. The molecule has 2 fully saturated rings. The molecular formula is C25H29N2O7Si+. The highest BCUT2D eigenvalue weighted by Gasteiger charge is 2.75. The van der Waals surface area contributed by atoms with Gasteiger partial charge in [-0.3, -0.25) is 4.79 Å². The summed E-state index contributed by atoms with van der Waals surface area (Å²) in [6.45, 7) is 11.5. The van der Waals surface area contributed by atoms with Crippen molar-refractivity contribution in [2.24, 2.45) is 5.92 Å². The number of urea groups is 1. The average molecular weight is 498 g/mol. The number of hydrogen-bond acceptors (Lipinski definition) is 7. The third-order valence-corrected chi connectivity index (χ3v) is 7.93. The van der Waals surface area contributed by atoms with E-state index in [0.29, 0.717) is 4.90 Å². The number of ketones is 1. The molecule has 1 unspecified atom stereocenters. The quantitative estimate of drug-likeness (QED) is 0.351. The van der Waals surface area contributed by atoms with Crippen molar-refractivity contribution in [2.45, 2.75) is 82.4 Å². The van der Waals surface area contributed by atoms with Crippen molar-refractivity contribution in [1.82, 2.24) is 4.90 Å². The topological polar surface area (TPSA) is 102 Å². The van der Waals surface area contributed by atoms with Crippen molar-refractivity contribution in [3.8, 4) is 0 Å². The molecule has 35 heavy (non-hydrogen) atoms. The summed E-state index contributed by atoms with van der Waals surface area (Å²) in [5, 5.41) is -0.913. The first kappa shape index (κ1) is 24.2. The highest BCUT2D eigenvalue weighted by Crippen LogP contribution is 2.52. The Morgan fingerprint density at radius 2 is 1.63 bits per heavy atom. The summed E-state index contributed by atoms with van der Waals surface area (Å²) in [6, 6.07) is 5.45. The molecule has 0 N–H and O–H groups in total. The minimum Gasteiger partial charge on any atom is -0.374 e. The Morgan fingerprint density at radius 3 is 2.26 bits per heavy atom. The van der Waals surface area contributed by atoms with E-state index >= 15 is 0 Å². The number of benzene rings is 1. The van der Waals surface area contributed by atoms with Crippen LogP contribution in [0.2, 0.25) is 0 Å². The molecule has 0 saturated carbocycles. The third kappa shape index (κ3) is 3.92. The van der Waals surface area contributed by atoms with Gasteiger partial charge in [0.2, 0.25) is 6.23 Å². The molecule has 5 rings (SSSR count). The SMILES string of the molecule is CC(C)(C)OC1[Si][C@@]12O[C@@H]1[C@H](C(=O)c3ccccc3C(=O)N3C(=O)CC=[N+]1C3=O)[C@@H]2OC(C)(C)C. The lowest BCUT2D eigenvalue weighted by atomic mass is 9.87. The van der Waals surface area contributed by atoms with Gasteiger partial charge in [0, 0.05) is 5.56 Å². The van der Waals surface area contributed by atoms with Crippen molar-refractivity contribution < 1.29 is 38.0 Å². The van der Waals surface area contributed by atoms with Crippen molar-refractivity contribution in [3.63, 3.8) is 0 Å². The highest BCUT2D eigenvalue weighted by molar-refractivity contribution is 6.56. The van der Waals surface area contributed by atoms with E-state index in [0.717, 1.165) is 0 Å². The first-order chi connectivity index (χ1) is 16.2. The van der Waals surface area contributed by atoms with Crippen molar-refractivity contribution >= 4 is 39.4 Å². The Hall–Kier alpha value is -2.53. The molecule has 4 aliphatic heterocycles. The van der Waals surface area contributed by atoms with Gasteiger partial charge >= 0.3 is 17.8 Å². The lowest BCUT2D eigenvalue weighted by Crippen LogP contribution is -2.53. The van der Waals surface area contributed by atoms with Gasteiger partial charge in [-0.15, -0.1) is 0 Å². The second-order valence-corrected chi connectivity index (χ2v) is 12.8. The first-order valence-corrected chi connectivity index (χ1v) is 12.8. The number of rotatable bonds is 2. The predicted molar refractivity (Wildman–Crippen MR) is 124 cm³/mol. The number of carbonyl (C=O) groups excluding carboxylic acids is 4. The Morgan fingerprint density at radius 1 is 1.00 bits per heavy atom. The molecule has 0 aromatic heterocycles. The standard InChI is InChI=1S/C25H29N2O7Si/c1-23(2,3)32-18-16-17(29)13-9-7-8-10-14(13)19(30)27-15(28)11-12-26(22(27)31)20(16)33-25(18)21(35-25)34-24(4,5)6/h7-10,12,16,18,20-21H,11H2,1-6H3/q+1/t16-,18+,20-,21?,25-/m1/s1. The van der Waals surface area contributed by atoms with Crippen LogP contribution in [0, 0.1) is 5.92 Å². The van der Waals surface area contributed by atoms with E-state index in [1.165, 1.54) is 16.9 Å². The number of amides is 4. The molecule has 184 valence electrons. The molecule has 10 heteroatoms. The van der Waals surface area contributed by atoms with Gasteiger partial charge in [-0.05, 0) is 47.6 Å². The molecule has 9 nitrogen and oxygen atoms in total. The van der Waals surface area contributed by atoms with Gasteiger partial charge in [0.25, 0.3) is 0 Å². The zero-order valence-electron chi connectivity index (χ0n) is 20.7. The number of imide groups is 3. The minimum absolute atomic E-state index is 0.0119. The third-order valence-electron chi connectivity index (χ3n) is 6.31. The molecule has 1 aromatic carbocycles. The first-order valence-electron chi connectivity index (χ1n) is 11.7. The van der Waals surface area contributed by atoms with Crippen LogP contribution in [0.4, 0.5) is 4.79 Å². The maximum absolute atomic E-state index is 14.1. The molecule has 2 bridgehead atoms. The van der Waals surface area contributed by atoms with Gasteiger partial charge in [0.05, 0.1) is 28.7 Å². The molecular weight excluding hydrogens is 468 g/mol. The average Bonchev–Trinajstić information content (AvgIpc) is 3.31. The number of Topliss-reactive ketones (excluding diaryl/α,β-unsaturated/α-hetero) is 1. The zero-order chi connectivity index (χ0) is 25.5. The van der Waals surface area contributed by atoms with E-state index in [2.05, 4.69) is 0 Å². The van der Waals surface area contributed by atoms with E-state index in [9.17, 15) is 19.2 Å². The molecule has 4 amide bonds. The molecule has 1 spiro atoms. The number of carbonyl (C=O) groups is 4. The van der Waals surface area contributed by atoms with Gasteiger partial charge in [-0.1, -0.05) is 23.1 Å². The molecule has 5 atom stereocenters. The molecule has 2 radical (unpaired) electrons. The van der Waals surface area contributed by atoms with E-state index < -0.39 is 52.5 Å². The molecule has 1 aromatic rings. The summed E-state index contributed by atoms with van der Waals surface area (Å²) in [6.07, 6.45) is -0.520. The van der Waals surface area contributed by atoms with Crippen molar-refractivity contribution in [3.05, 3.63) is 35.4 Å². The van der Waals surface area contributed by atoms with Crippen LogP contribution in [0.25, 0.3) is 0 Å². The Bertz CT molecular complexity index is 1180. The Kier molecular flexibility index (Phi) is 5.34. The normalized spacial score (nSPS) is 32.6. The summed E-state index contributed by atoms with van der Waals surface area (Å²) in [5.41, 5.74) is -1.23. The van der Waals surface area contributed by atoms with Crippen molar-refractivity contribution in [2.75, 3.05) is 0 Å². The van der Waals surface area contributed by atoms with Crippen LogP contribution in [-0.2, 0) is 19.0 Å². The summed E-state index contributed by atoms with van der Waals surface area (Å²) in [7, 11) is 0.194. The van der Waals surface area contributed by atoms with Crippen LogP contribution in [0.1, 0.15) is 68.7 Å². The number of nitrogens with zero attached hydrogens (tertiary/aromatic N) is 2. The van der Waals surface area contributed by atoms with E-state index in [4.69, 9.17) is 14.2 Å². The summed E-state index contributed by atoms with van der Waals surface area (Å²) < 4.78 is 20.5. The van der Waals surface area contributed by atoms with Crippen LogP contribution in [0.15, 0.2) is 24.3 Å². The Balaban J connectivity index is 1.69.